The number of amides is 1. The maximum atomic E-state index is 14.5. The highest BCUT2D eigenvalue weighted by atomic mass is 16.5. The Balaban J connectivity index is 1.41. The number of hydrogen-bond acceptors (Lipinski definition) is 8. The summed E-state index contributed by atoms with van der Waals surface area (Å²) >= 11 is 0. The van der Waals surface area contributed by atoms with E-state index in [4.69, 9.17) is 4.74 Å². The first-order chi connectivity index (χ1) is 20.9. The van der Waals surface area contributed by atoms with Crippen molar-refractivity contribution in [1.82, 2.24) is 29.2 Å². The lowest BCUT2D eigenvalue weighted by Gasteiger charge is -2.52. The third-order valence-corrected chi connectivity index (χ3v) is 9.57. The van der Waals surface area contributed by atoms with Crippen molar-refractivity contribution < 1.29 is 9.53 Å². The summed E-state index contributed by atoms with van der Waals surface area (Å²) in [6.07, 6.45) is 8.64. The molecule has 4 heterocycles. The first-order valence-electron chi connectivity index (χ1n) is 15.5. The second-order valence-corrected chi connectivity index (χ2v) is 12.3. The van der Waals surface area contributed by atoms with Crippen molar-refractivity contribution in [3.63, 3.8) is 0 Å². The maximum absolute atomic E-state index is 14.5. The smallest absolute Gasteiger partial charge is 0.254 e. The van der Waals surface area contributed by atoms with Crippen molar-refractivity contribution in [2.45, 2.75) is 57.7 Å². The van der Waals surface area contributed by atoms with Gasteiger partial charge < -0.3 is 24.4 Å². The topological polar surface area (TPSA) is 103 Å². The number of fused-ring (bicyclic) bond motifs is 2. The van der Waals surface area contributed by atoms with Crippen LogP contribution >= 0.6 is 0 Å². The molecule has 2 aromatic heterocycles. The first-order valence-corrected chi connectivity index (χ1v) is 15.5. The van der Waals surface area contributed by atoms with Gasteiger partial charge in [-0.3, -0.25) is 14.7 Å². The second kappa shape index (κ2) is 12.0. The third-order valence-electron chi connectivity index (χ3n) is 9.57. The van der Waals surface area contributed by atoms with Gasteiger partial charge >= 0.3 is 0 Å². The normalized spacial score (nSPS) is 19.0. The number of nitrogens with one attached hydrogen (secondary N) is 1. The molecule has 1 spiro atoms. The molecule has 1 N–H and O–H groups in total. The number of carbonyl (C=O) groups excluding carboxylic acids is 1. The number of pyridine rings is 1. The van der Waals surface area contributed by atoms with Crippen LogP contribution in [0.25, 0.3) is 0 Å². The minimum absolute atomic E-state index is 0.0464. The minimum Gasteiger partial charge on any atom is -0.492 e. The molecular weight excluding hydrogens is 540 g/mol. The summed E-state index contributed by atoms with van der Waals surface area (Å²) in [6.45, 7) is 10.7. The molecule has 1 aliphatic carbocycles. The van der Waals surface area contributed by atoms with Crippen molar-refractivity contribution >= 4 is 11.9 Å². The predicted molar refractivity (Wildman–Crippen MR) is 165 cm³/mol. The van der Waals surface area contributed by atoms with Gasteiger partial charge in [-0.1, -0.05) is 12.5 Å². The van der Waals surface area contributed by atoms with E-state index in [1.54, 1.807) is 12.4 Å². The zero-order valence-corrected chi connectivity index (χ0v) is 25.8. The van der Waals surface area contributed by atoms with Crippen LogP contribution in [0.4, 0.5) is 5.95 Å². The van der Waals surface area contributed by atoms with Crippen molar-refractivity contribution in [3.8, 4) is 11.8 Å². The SMILES string of the molecule is CCOc1cc([C@H](C)N2CC3(CCC3)c3c(CN4CCN(C)CC4)cc(Cn4ccnc4NC)cc3C2=O)ncc1C#N. The Hall–Kier alpha value is -3.94. The Bertz CT molecular complexity index is 1530. The molecule has 0 unspecified atom stereocenters. The summed E-state index contributed by atoms with van der Waals surface area (Å²) in [5.74, 6) is 1.36. The number of hydrogen-bond donors (Lipinski definition) is 1. The molecule has 0 radical (unpaired) electrons. The number of likely N-dealkylation sites (N-methyl/N-ethyl adjacent to an activating group) is 1. The number of nitrogens with zero attached hydrogens (tertiary/aromatic N) is 7. The molecule has 43 heavy (non-hydrogen) atoms. The lowest BCUT2D eigenvalue weighted by molar-refractivity contribution is 0.0480. The van der Waals surface area contributed by atoms with Crippen LogP contribution in [-0.4, -0.2) is 88.6 Å². The van der Waals surface area contributed by atoms with Crippen molar-refractivity contribution in [3.05, 3.63) is 70.3 Å². The Morgan fingerprint density at radius 2 is 1.93 bits per heavy atom. The Labute approximate surface area is 254 Å². The van der Waals surface area contributed by atoms with Gasteiger partial charge in [0.2, 0.25) is 5.95 Å². The zero-order chi connectivity index (χ0) is 30.1. The van der Waals surface area contributed by atoms with Crippen LogP contribution in [-0.2, 0) is 18.5 Å². The molecule has 1 aromatic carbocycles. The van der Waals surface area contributed by atoms with Gasteiger partial charge in [-0.25, -0.2) is 4.98 Å². The Morgan fingerprint density at radius 1 is 1.14 bits per heavy atom. The van der Waals surface area contributed by atoms with Crippen LogP contribution in [0.3, 0.4) is 0 Å². The molecular formula is C33H42N8O2. The molecule has 1 amide bonds. The summed E-state index contributed by atoms with van der Waals surface area (Å²) in [5.41, 5.74) is 5.56. The van der Waals surface area contributed by atoms with Crippen LogP contribution in [0.5, 0.6) is 5.75 Å². The van der Waals surface area contributed by atoms with Crippen molar-refractivity contribution in [2.24, 2.45) is 0 Å². The van der Waals surface area contributed by atoms with E-state index in [0.717, 1.165) is 74.8 Å². The molecule has 10 nitrogen and oxygen atoms in total. The fourth-order valence-corrected chi connectivity index (χ4v) is 7.04. The van der Waals surface area contributed by atoms with Crippen molar-refractivity contribution in [2.75, 3.05) is 58.7 Å². The van der Waals surface area contributed by atoms with Gasteiger partial charge in [0, 0.05) is 82.0 Å². The monoisotopic (exact) mass is 582 g/mol. The highest BCUT2D eigenvalue weighted by Gasteiger charge is 2.49. The lowest BCUT2D eigenvalue weighted by Crippen LogP contribution is -2.54. The number of anilines is 1. The molecule has 1 atom stereocenters. The predicted octanol–water partition coefficient (Wildman–Crippen LogP) is 4.02. The average Bonchev–Trinajstić information content (AvgIpc) is 3.45. The zero-order valence-electron chi connectivity index (χ0n) is 25.8. The van der Waals surface area contributed by atoms with Crippen LogP contribution < -0.4 is 10.1 Å². The molecule has 1 saturated carbocycles. The number of aromatic nitrogens is 3. The average molecular weight is 583 g/mol. The number of ether oxygens (including phenoxy) is 1. The van der Waals surface area contributed by atoms with Gasteiger partial charge in [0.05, 0.1) is 24.9 Å². The van der Waals surface area contributed by atoms with E-state index in [-0.39, 0.29) is 17.4 Å². The molecule has 6 rings (SSSR count). The summed E-state index contributed by atoms with van der Waals surface area (Å²) < 4.78 is 7.84. The van der Waals surface area contributed by atoms with Gasteiger partial charge in [-0.2, -0.15) is 5.26 Å². The Kier molecular flexibility index (Phi) is 8.12. The van der Waals surface area contributed by atoms with Crippen LogP contribution in [0.15, 0.2) is 36.8 Å². The van der Waals surface area contributed by atoms with E-state index in [2.05, 4.69) is 54.9 Å². The van der Waals surface area contributed by atoms with E-state index < -0.39 is 0 Å². The Morgan fingerprint density at radius 3 is 2.60 bits per heavy atom. The first kappa shape index (κ1) is 29.1. The van der Waals surface area contributed by atoms with Gasteiger partial charge in [-0.05, 0) is 56.5 Å². The van der Waals surface area contributed by atoms with Crippen LogP contribution in [0, 0.1) is 11.3 Å². The molecule has 2 aliphatic heterocycles. The number of piperazine rings is 1. The highest BCUT2D eigenvalue weighted by molar-refractivity contribution is 5.98. The van der Waals surface area contributed by atoms with Gasteiger partial charge in [0.1, 0.15) is 17.4 Å². The molecule has 2 fully saturated rings. The molecule has 1 saturated heterocycles. The molecule has 3 aliphatic rings. The highest BCUT2D eigenvalue weighted by Crippen LogP contribution is 2.51. The number of carbonyl (C=O) groups is 1. The summed E-state index contributed by atoms with van der Waals surface area (Å²) in [4.78, 5) is 30.5. The summed E-state index contributed by atoms with van der Waals surface area (Å²) in [5, 5.41) is 12.7. The van der Waals surface area contributed by atoms with Gasteiger partial charge in [-0.15, -0.1) is 0 Å². The molecule has 3 aromatic rings. The standard InChI is InChI=1S/C33H42N8O2/c1-5-43-29-17-28(37-19-26(29)18-34)23(2)41-22-33(7-6-8-33)30-25(21-39-13-11-38(4)12-14-39)15-24(16-27(30)31(41)42)20-40-10-9-36-32(40)35-3/h9-10,15-17,19,23H,5-8,11-14,20-22H2,1-4H3,(H,35,36)/t23-/m0/s1. The third kappa shape index (κ3) is 5.48. The van der Waals surface area contributed by atoms with E-state index >= 15 is 0 Å². The van der Waals surface area contributed by atoms with Gasteiger partial charge in [0.25, 0.3) is 5.91 Å². The quantitative estimate of drug-likeness (QED) is 0.404. The van der Waals surface area contributed by atoms with Crippen molar-refractivity contribution in [1.29, 1.82) is 5.26 Å². The fraction of sp³-hybridized carbons (Fsp3) is 0.515. The minimum atomic E-state index is -0.264. The summed E-state index contributed by atoms with van der Waals surface area (Å²) in [7, 11) is 4.06. The van der Waals surface area contributed by atoms with E-state index in [1.165, 1.54) is 11.1 Å². The number of benzene rings is 1. The number of imidazole rings is 1. The maximum Gasteiger partial charge on any atom is 0.254 e. The van der Waals surface area contributed by atoms with Crippen LogP contribution in [0.2, 0.25) is 0 Å². The molecule has 0 bridgehead atoms. The van der Waals surface area contributed by atoms with E-state index in [1.807, 2.05) is 38.1 Å². The lowest BCUT2D eigenvalue weighted by atomic mass is 9.60. The number of rotatable bonds is 9. The molecule has 226 valence electrons. The van der Waals surface area contributed by atoms with E-state index in [9.17, 15) is 10.1 Å². The second-order valence-electron chi connectivity index (χ2n) is 12.3. The summed E-state index contributed by atoms with van der Waals surface area (Å²) in [6, 6.07) is 8.21. The fourth-order valence-electron chi connectivity index (χ4n) is 7.04. The number of nitriles is 1. The van der Waals surface area contributed by atoms with Gasteiger partial charge in [0.15, 0.2) is 0 Å². The largest absolute Gasteiger partial charge is 0.492 e. The molecule has 10 heteroatoms. The van der Waals surface area contributed by atoms with E-state index in [0.29, 0.717) is 31.0 Å². The van der Waals surface area contributed by atoms with Crippen LogP contribution in [0.1, 0.15) is 77.5 Å².